The van der Waals surface area contributed by atoms with Crippen molar-refractivity contribution in [2.75, 3.05) is 25.5 Å². The molecule has 1 aromatic rings. The second-order valence-corrected chi connectivity index (χ2v) is 4.55. The third-order valence-corrected chi connectivity index (χ3v) is 2.64. The Hall–Kier alpha value is -1.62. The van der Waals surface area contributed by atoms with Crippen molar-refractivity contribution in [1.29, 1.82) is 0 Å². The number of aromatic nitrogens is 1. The van der Waals surface area contributed by atoms with E-state index in [1.54, 1.807) is 25.5 Å². The Morgan fingerprint density at radius 2 is 2.21 bits per heavy atom. The van der Waals surface area contributed by atoms with Gasteiger partial charge in [0.2, 0.25) is 0 Å². The molecule has 0 aliphatic heterocycles. The van der Waals surface area contributed by atoms with Crippen LogP contribution in [0.3, 0.4) is 0 Å². The van der Waals surface area contributed by atoms with Crippen LogP contribution in [0, 0.1) is 0 Å². The van der Waals surface area contributed by atoms with Crippen LogP contribution in [0.15, 0.2) is 18.5 Å². The molecule has 2 N–H and O–H groups in total. The lowest BCUT2D eigenvalue weighted by molar-refractivity contribution is 0.0754. The molecule has 1 rings (SSSR count). The molecule has 1 heterocycles. The molecule has 1 amide bonds. The van der Waals surface area contributed by atoms with Gasteiger partial charge in [0.1, 0.15) is 0 Å². The Bertz CT molecular complexity index is 394. The Balaban J connectivity index is 2.28. The number of anilines is 1. The molecule has 0 atom stereocenters. The summed E-state index contributed by atoms with van der Waals surface area (Å²) >= 11 is 0. The minimum absolute atomic E-state index is 0.0727. The maximum absolute atomic E-state index is 12.0. The van der Waals surface area contributed by atoms with Crippen LogP contribution in [0.4, 0.5) is 5.69 Å². The van der Waals surface area contributed by atoms with Crippen LogP contribution in [0.2, 0.25) is 0 Å². The molecular formula is C14H23N3O2. The van der Waals surface area contributed by atoms with Gasteiger partial charge in [0.15, 0.2) is 0 Å². The first-order chi connectivity index (χ1) is 9.15. The van der Waals surface area contributed by atoms with Gasteiger partial charge in [-0.2, -0.15) is 0 Å². The number of unbranched alkanes of at least 4 members (excludes halogenated alkanes) is 1. The summed E-state index contributed by atoms with van der Waals surface area (Å²) < 4.78 is 5.44. The number of hydrogen-bond donors (Lipinski definition) is 2. The van der Waals surface area contributed by atoms with Gasteiger partial charge < -0.3 is 15.4 Å². The second-order valence-electron chi connectivity index (χ2n) is 4.55. The summed E-state index contributed by atoms with van der Waals surface area (Å²) in [6.07, 6.45) is 5.40. The molecule has 0 saturated carbocycles. The highest BCUT2D eigenvalue weighted by Gasteiger charge is 2.09. The fraction of sp³-hybridized carbons (Fsp3) is 0.571. The monoisotopic (exact) mass is 265 g/mol. The molecule has 5 heteroatoms. The maximum atomic E-state index is 12.0. The first-order valence-electron chi connectivity index (χ1n) is 6.66. The number of hydrogen-bond acceptors (Lipinski definition) is 4. The number of nitrogens with one attached hydrogen (secondary N) is 2. The van der Waals surface area contributed by atoms with E-state index in [-0.39, 0.29) is 12.0 Å². The minimum atomic E-state index is -0.0727. The van der Waals surface area contributed by atoms with E-state index in [1.807, 2.05) is 13.8 Å². The molecule has 0 bridgehead atoms. The van der Waals surface area contributed by atoms with E-state index in [4.69, 9.17) is 4.74 Å². The van der Waals surface area contributed by atoms with Crippen LogP contribution in [0.25, 0.3) is 0 Å². The zero-order valence-electron chi connectivity index (χ0n) is 11.9. The van der Waals surface area contributed by atoms with Crippen LogP contribution in [0.1, 0.15) is 37.0 Å². The first kappa shape index (κ1) is 15.4. The summed E-state index contributed by atoms with van der Waals surface area (Å²) in [5.74, 6) is -0.0727. The lowest BCUT2D eigenvalue weighted by atomic mass is 10.2. The molecule has 0 aliphatic carbocycles. The van der Waals surface area contributed by atoms with Gasteiger partial charge in [-0.1, -0.05) is 0 Å². The number of ether oxygens (including phenoxy) is 1. The van der Waals surface area contributed by atoms with E-state index in [1.165, 1.54) is 0 Å². The van der Waals surface area contributed by atoms with Gasteiger partial charge in [0.05, 0.1) is 23.6 Å². The SMILES string of the molecule is CNc1cnccc1C(=O)NCCCCOC(C)C. The van der Waals surface area contributed by atoms with Crippen LogP contribution in [-0.4, -0.2) is 37.2 Å². The molecule has 0 unspecified atom stereocenters. The summed E-state index contributed by atoms with van der Waals surface area (Å²) in [4.78, 5) is 15.9. The largest absolute Gasteiger partial charge is 0.386 e. The van der Waals surface area contributed by atoms with Crippen molar-refractivity contribution in [3.05, 3.63) is 24.0 Å². The van der Waals surface area contributed by atoms with E-state index in [2.05, 4.69) is 15.6 Å². The van der Waals surface area contributed by atoms with Crippen LogP contribution < -0.4 is 10.6 Å². The van der Waals surface area contributed by atoms with Gasteiger partial charge >= 0.3 is 0 Å². The summed E-state index contributed by atoms with van der Waals surface area (Å²) in [6.45, 7) is 5.44. The molecule has 19 heavy (non-hydrogen) atoms. The van der Waals surface area contributed by atoms with E-state index >= 15 is 0 Å². The van der Waals surface area contributed by atoms with Gasteiger partial charge in [0, 0.05) is 26.4 Å². The van der Waals surface area contributed by atoms with E-state index < -0.39 is 0 Å². The Kier molecular flexibility index (Phi) is 6.89. The molecule has 5 nitrogen and oxygen atoms in total. The van der Waals surface area contributed by atoms with Gasteiger partial charge in [0.25, 0.3) is 5.91 Å². The number of carbonyl (C=O) groups is 1. The van der Waals surface area contributed by atoms with Crippen molar-refractivity contribution in [3.8, 4) is 0 Å². The fourth-order valence-electron chi connectivity index (χ4n) is 1.63. The smallest absolute Gasteiger partial charge is 0.253 e. The van der Waals surface area contributed by atoms with Crippen molar-refractivity contribution in [3.63, 3.8) is 0 Å². The molecule has 1 aromatic heterocycles. The van der Waals surface area contributed by atoms with E-state index in [9.17, 15) is 4.79 Å². The normalized spacial score (nSPS) is 10.5. The quantitative estimate of drug-likeness (QED) is 0.706. The van der Waals surface area contributed by atoms with Crippen molar-refractivity contribution < 1.29 is 9.53 Å². The predicted molar refractivity (Wildman–Crippen MR) is 76.4 cm³/mol. The Morgan fingerprint density at radius 3 is 2.89 bits per heavy atom. The standard InChI is InChI=1S/C14H23N3O2/c1-11(2)19-9-5-4-7-17-14(18)12-6-8-16-10-13(12)15-3/h6,8,10-11,15H,4-5,7,9H2,1-3H3,(H,17,18). The van der Waals surface area contributed by atoms with Crippen LogP contribution >= 0.6 is 0 Å². The average Bonchev–Trinajstić information content (AvgIpc) is 2.42. The third-order valence-electron chi connectivity index (χ3n) is 2.64. The van der Waals surface area contributed by atoms with Crippen molar-refractivity contribution in [1.82, 2.24) is 10.3 Å². The highest BCUT2D eigenvalue weighted by Crippen LogP contribution is 2.11. The number of rotatable bonds is 8. The average molecular weight is 265 g/mol. The minimum Gasteiger partial charge on any atom is -0.386 e. The van der Waals surface area contributed by atoms with Crippen molar-refractivity contribution >= 4 is 11.6 Å². The van der Waals surface area contributed by atoms with Crippen LogP contribution in [-0.2, 0) is 4.74 Å². The zero-order chi connectivity index (χ0) is 14.1. The van der Waals surface area contributed by atoms with Crippen LogP contribution in [0.5, 0.6) is 0 Å². The van der Waals surface area contributed by atoms with Gasteiger partial charge in [-0.15, -0.1) is 0 Å². The highest BCUT2D eigenvalue weighted by atomic mass is 16.5. The van der Waals surface area contributed by atoms with Gasteiger partial charge in [-0.3, -0.25) is 9.78 Å². The molecular weight excluding hydrogens is 242 g/mol. The summed E-state index contributed by atoms with van der Waals surface area (Å²) in [5.41, 5.74) is 1.36. The molecule has 106 valence electrons. The predicted octanol–water partition coefficient (Wildman–Crippen LogP) is 2.06. The molecule has 0 spiro atoms. The second kappa shape index (κ2) is 8.48. The zero-order valence-corrected chi connectivity index (χ0v) is 11.9. The maximum Gasteiger partial charge on any atom is 0.253 e. The lowest BCUT2D eigenvalue weighted by Crippen LogP contribution is -2.25. The Morgan fingerprint density at radius 1 is 1.42 bits per heavy atom. The van der Waals surface area contributed by atoms with E-state index in [0.717, 1.165) is 25.1 Å². The molecule has 0 saturated heterocycles. The van der Waals surface area contributed by atoms with Gasteiger partial charge in [-0.05, 0) is 32.8 Å². The van der Waals surface area contributed by atoms with Gasteiger partial charge in [-0.25, -0.2) is 0 Å². The number of amides is 1. The van der Waals surface area contributed by atoms with E-state index in [0.29, 0.717) is 12.1 Å². The summed E-state index contributed by atoms with van der Waals surface area (Å²) in [6, 6.07) is 1.71. The summed E-state index contributed by atoms with van der Waals surface area (Å²) in [7, 11) is 1.77. The number of nitrogens with zero attached hydrogens (tertiary/aromatic N) is 1. The third kappa shape index (κ3) is 5.70. The number of pyridine rings is 1. The molecule has 0 fully saturated rings. The molecule has 0 aliphatic rings. The summed E-state index contributed by atoms with van der Waals surface area (Å²) in [5, 5.41) is 5.86. The highest BCUT2D eigenvalue weighted by molar-refractivity contribution is 5.99. The van der Waals surface area contributed by atoms with Crippen molar-refractivity contribution in [2.24, 2.45) is 0 Å². The lowest BCUT2D eigenvalue weighted by Gasteiger charge is -2.10. The molecule has 0 radical (unpaired) electrons. The Labute approximate surface area is 114 Å². The first-order valence-corrected chi connectivity index (χ1v) is 6.66. The number of carbonyl (C=O) groups excluding carboxylic acids is 1. The fourth-order valence-corrected chi connectivity index (χ4v) is 1.63. The topological polar surface area (TPSA) is 63.2 Å². The molecule has 0 aromatic carbocycles. The van der Waals surface area contributed by atoms with Crippen molar-refractivity contribution in [2.45, 2.75) is 32.8 Å².